The monoisotopic (exact) mass is 398 g/mol. The van der Waals surface area contributed by atoms with Gasteiger partial charge in [-0.25, -0.2) is 9.38 Å². The van der Waals surface area contributed by atoms with Gasteiger partial charge in [0, 0.05) is 0 Å². The molecule has 0 spiro atoms. The van der Waals surface area contributed by atoms with Crippen molar-refractivity contribution in [2.75, 3.05) is 0 Å². The van der Waals surface area contributed by atoms with E-state index in [4.69, 9.17) is 4.74 Å². The maximum atomic E-state index is 12.9. The molecule has 0 fully saturated rings. The lowest BCUT2D eigenvalue weighted by atomic mass is 10.1. The summed E-state index contributed by atoms with van der Waals surface area (Å²) in [7, 11) is 0. The lowest BCUT2D eigenvalue weighted by molar-refractivity contribution is 0.305. The molecule has 0 amide bonds. The van der Waals surface area contributed by atoms with Gasteiger partial charge in [-0.3, -0.25) is 4.79 Å². The Morgan fingerprint density at radius 2 is 1.86 bits per heavy atom. The summed E-state index contributed by atoms with van der Waals surface area (Å²) in [5, 5.41) is 0. The van der Waals surface area contributed by atoms with E-state index >= 15 is 0 Å². The summed E-state index contributed by atoms with van der Waals surface area (Å²) in [6.45, 7) is 2.59. The molecule has 4 nitrogen and oxygen atoms in total. The number of thiazole rings is 1. The van der Waals surface area contributed by atoms with E-state index in [1.165, 1.54) is 16.9 Å². The van der Waals surface area contributed by atoms with Gasteiger partial charge in [0.15, 0.2) is 4.96 Å². The van der Waals surface area contributed by atoms with Gasteiger partial charge in [0.05, 0.1) is 15.6 Å². The first kappa shape index (κ1) is 17.6. The Kier molecular flexibility index (Phi) is 4.37. The van der Waals surface area contributed by atoms with Crippen LogP contribution in [0.1, 0.15) is 16.7 Å². The molecule has 0 bridgehead atoms. The molecule has 0 saturated carbocycles. The maximum Gasteiger partial charge on any atom is 0.274 e. The zero-order chi connectivity index (χ0) is 19.8. The van der Waals surface area contributed by atoms with Crippen molar-refractivity contribution in [3.63, 3.8) is 0 Å². The fourth-order valence-electron chi connectivity index (χ4n) is 3.39. The van der Waals surface area contributed by atoms with Crippen molar-refractivity contribution >= 4 is 33.4 Å². The Balaban J connectivity index is 1.48. The summed E-state index contributed by atoms with van der Waals surface area (Å²) in [6.07, 6.45) is 1.90. The van der Waals surface area contributed by atoms with Crippen LogP contribution in [0.4, 0.5) is 0 Å². The molecule has 2 heterocycles. The van der Waals surface area contributed by atoms with Crippen LogP contribution in [0, 0.1) is 6.92 Å². The first-order chi connectivity index (χ1) is 14.2. The van der Waals surface area contributed by atoms with E-state index in [-0.39, 0.29) is 5.56 Å². The molecule has 5 aromatic rings. The van der Waals surface area contributed by atoms with Crippen LogP contribution in [0.3, 0.4) is 0 Å². The minimum Gasteiger partial charge on any atom is -0.489 e. The second-order valence-electron chi connectivity index (χ2n) is 6.92. The largest absolute Gasteiger partial charge is 0.489 e. The molecule has 0 aliphatic rings. The Morgan fingerprint density at radius 3 is 2.76 bits per heavy atom. The average Bonchev–Trinajstić information content (AvgIpc) is 3.24. The van der Waals surface area contributed by atoms with Crippen molar-refractivity contribution in [1.82, 2.24) is 9.38 Å². The molecule has 0 radical (unpaired) electrons. The van der Waals surface area contributed by atoms with Crippen LogP contribution < -0.4 is 14.8 Å². The fraction of sp³-hybridized carbons (Fsp3) is 0.0833. The van der Waals surface area contributed by atoms with Gasteiger partial charge in [0.1, 0.15) is 12.4 Å². The highest BCUT2D eigenvalue weighted by Gasteiger charge is 2.10. The third kappa shape index (κ3) is 3.30. The number of fused-ring (bicyclic) bond motifs is 3. The second-order valence-corrected chi connectivity index (χ2v) is 7.93. The van der Waals surface area contributed by atoms with Crippen LogP contribution >= 0.6 is 11.3 Å². The van der Waals surface area contributed by atoms with Crippen molar-refractivity contribution in [2.24, 2.45) is 0 Å². The lowest BCUT2D eigenvalue weighted by Gasteiger charge is -2.09. The molecular formula is C24H18N2O2S. The zero-order valence-electron chi connectivity index (χ0n) is 15.8. The normalized spacial score (nSPS) is 12.1. The number of nitrogens with zero attached hydrogens (tertiary/aromatic N) is 2. The Labute approximate surface area is 171 Å². The smallest absolute Gasteiger partial charge is 0.274 e. The number of hydrogen-bond acceptors (Lipinski definition) is 4. The highest BCUT2D eigenvalue weighted by Crippen LogP contribution is 2.18. The van der Waals surface area contributed by atoms with Crippen molar-refractivity contribution in [3.8, 4) is 5.75 Å². The van der Waals surface area contributed by atoms with Crippen molar-refractivity contribution in [2.45, 2.75) is 13.5 Å². The van der Waals surface area contributed by atoms with E-state index in [1.54, 1.807) is 4.40 Å². The number of ether oxygens (including phenoxy) is 1. The van der Waals surface area contributed by atoms with E-state index in [0.29, 0.717) is 11.1 Å². The topological polar surface area (TPSA) is 43.6 Å². The molecule has 0 aliphatic heterocycles. The van der Waals surface area contributed by atoms with E-state index < -0.39 is 0 Å². The van der Waals surface area contributed by atoms with Crippen LogP contribution in [0.2, 0.25) is 0 Å². The predicted molar refractivity (Wildman–Crippen MR) is 118 cm³/mol. The highest BCUT2D eigenvalue weighted by atomic mass is 32.1. The summed E-state index contributed by atoms with van der Waals surface area (Å²) in [4.78, 5) is 18.2. The zero-order valence-corrected chi connectivity index (χ0v) is 16.6. The van der Waals surface area contributed by atoms with Gasteiger partial charge in [0.25, 0.3) is 5.56 Å². The van der Waals surface area contributed by atoms with Gasteiger partial charge < -0.3 is 4.74 Å². The van der Waals surface area contributed by atoms with Gasteiger partial charge in [-0.1, -0.05) is 59.9 Å². The molecule has 3 aromatic carbocycles. The van der Waals surface area contributed by atoms with Crippen LogP contribution in [-0.2, 0) is 6.61 Å². The van der Waals surface area contributed by atoms with Crippen molar-refractivity contribution in [1.29, 1.82) is 0 Å². The average molecular weight is 398 g/mol. The molecule has 0 unspecified atom stereocenters. The van der Waals surface area contributed by atoms with E-state index in [0.717, 1.165) is 32.9 Å². The Bertz CT molecular complexity index is 1450. The molecule has 29 heavy (non-hydrogen) atoms. The van der Waals surface area contributed by atoms with E-state index in [2.05, 4.69) is 24.0 Å². The quantitative estimate of drug-likeness (QED) is 0.452. The summed E-state index contributed by atoms with van der Waals surface area (Å²) < 4.78 is 8.32. The van der Waals surface area contributed by atoms with Crippen molar-refractivity contribution < 1.29 is 4.74 Å². The number of imidazole rings is 1. The molecule has 142 valence electrons. The number of para-hydroxylation sites is 2. The SMILES string of the molecule is Cc1ccccc1COc1cccc(/C=c2/sc3nc4ccccc4n3c2=O)c1. The predicted octanol–water partition coefficient (Wildman–Crippen LogP) is 4.34. The molecule has 0 saturated heterocycles. The third-order valence-electron chi connectivity index (χ3n) is 4.96. The number of aryl methyl sites for hydroxylation is 1. The van der Waals surface area contributed by atoms with Crippen molar-refractivity contribution in [3.05, 3.63) is 104 Å². The molecular weight excluding hydrogens is 380 g/mol. The lowest BCUT2D eigenvalue weighted by Crippen LogP contribution is -2.22. The Hall–Kier alpha value is -3.44. The van der Waals surface area contributed by atoms with Crippen LogP contribution in [0.15, 0.2) is 77.6 Å². The molecule has 0 aliphatic carbocycles. The molecule has 5 heteroatoms. The van der Waals surface area contributed by atoms with Gasteiger partial charge in [-0.2, -0.15) is 0 Å². The number of hydrogen-bond donors (Lipinski definition) is 0. The van der Waals surface area contributed by atoms with Crippen LogP contribution in [0.25, 0.3) is 22.1 Å². The fourth-order valence-corrected chi connectivity index (χ4v) is 4.38. The number of benzene rings is 3. The minimum atomic E-state index is -0.0371. The van der Waals surface area contributed by atoms with E-state index in [9.17, 15) is 4.79 Å². The number of aromatic nitrogens is 2. The van der Waals surface area contributed by atoms with Crippen LogP contribution in [-0.4, -0.2) is 9.38 Å². The first-order valence-electron chi connectivity index (χ1n) is 9.38. The van der Waals surface area contributed by atoms with E-state index in [1.807, 2.05) is 66.7 Å². The van der Waals surface area contributed by atoms with Gasteiger partial charge in [0.2, 0.25) is 0 Å². The molecule has 5 rings (SSSR count). The minimum absolute atomic E-state index is 0.0371. The summed E-state index contributed by atoms with van der Waals surface area (Å²) in [5.74, 6) is 0.779. The number of rotatable bonds is 4. The second kappa shape index (κ2) is 7.18. The summed E-state index contributed by atoms with van der Waals surface area (Å²) in [6, 6.07) is 23.7. The first-order valence-corrected chi connectivity index (χ1v) is 10.2. The van der Waals surface area contributed by atoms with Gasteiger partial charge in [-0.05, 0) is 54.0 Å². The Morgan fingerprint density at radius 1 is 1.03 bits per heavy atom. The molecule has 0 N–H and O–H groups in total. The maximum absolute atomic E-state index is 12.9. The third-order valence-corrected chi connectivity index (χ3v) is 5.93. The standard InChI is InChI=1S/C24H18N2O2S/c1-16-7-2-3-9-18(16)15-28-19-10-6-8-17(13-19)14-22-23(27)26-21-12-5-4-11-20(21)25-24(26)29-22/h2-14H,15H2,1H3/b22-14+. The summed E-state index contributed by atoms with van der Waals surface area (Å²) >= 11 is 1.41. The summed E-state index contributed by atoms with van der Waals surface area (Å²) in [5.41, 5.74) is 4.95. The molecule has 2 aromatic heterocycles. The molecule has 0 atom stereocenters. The van der Waals surface area contributed by atoms with Gasteiger partial charge >= 0.3 is 0 Å². The van der Waals surface area contributed by atoms with Gasteiger partial charge in [-0.15, -0.1) is 0 Å². The highest BCUT2D eigenvalue weighted by molar-refractivity contribution is 7.15. The van der Waals surface area contributed by atoms with Crippen LogP contribution in [0.5, 0.6) is 5.75 Å².